The molecule has 0 atom stereocenters. The van der Waals surface area contributed by atoms with Gasteiger partial charge in [-0.15, -0.1) is 0 Å². The van der Waals surface area contributed by atoms with Crippen LogP contribution in [0.3, 0.4) is 0 Å². The number of anilines is 1. The molecule has 5 heteroatoms. The van der Waals surface area contributed by atoms with Crippen LogP contribution < -0.4 is 5.32 Å². The largest absolute Gasteiger partial charge is 0.345 e. The maximum atomic E-state index is 12.6. The van der Waals surface area contributed by atoms with E-state index in [9.17, 15) is 4.79 Å². The molecule has 161 valence electrons. The molecule has 2 heterocycles. The second-order valence-electron chi connectivity index (χ2n) is 7.78. The molecule has 0 bridgehead atoms. The fourth-order valence-electron chi connectivity index (χ4n) is 3.84. The molecule has 0 unspecified atom stereocenters. The highest BCUT2D eigenvalue weighted by Crippen LogP contribution is 2.29. The van der Waals surface area contributed by atoms with Gasteiger partial charge in [-0.1, -0.05) is 66.7 Å². The average molecular weight is 432 g/mol. The van der Waals surface area contributed by atoms with E-state index in [1.807, 2.05) is 107 Å². The third-order valence-corrected chi connectivity index (χ3v) is 5.39. The summed E-state index contributed by atoms with van der Waals surface area (Å²) in [6.07, 6.45) is 6.82. The maximum Gasteiger partial charge on any atom is 0.244 e. The molecule has 3 aromatic carbocycles. The molecule has 1 aromatic heterocycles. The van der Waals surface area contributed by atoms with Crippen molar-refractivity contribution < 1.29 is 4.79 Å². The molecule has 1 aliphatic heterocycles. The molecule has 5 rings (SSSR count). The fraction of sp³-hybridized carbons (Fsp3) is 0.0714. The lowest BCUT2D eigenvalue weighted by Gasteiger charge is -2.21. The van der Waals surface area contributed by atoms with Crippen LogP contribution in [-0.4, -0.2) is 27.1 Å². The number of hydrogen-bond donors (Lipinski definition) is 1. The van der Waals surface area contributed by atoms with E-state index in [4.69, 9.17) is 5.10 Å². The van der Waals surface area contributed by atoms with E-state index in [-0.39, 0.29) is 12.5 Å². The standard InChI is InChI=1S/C28H23N4O/c33-28(29-24-14-6-2-7-15-24)21-31-18-10-13-23(20-31)27-19-26(22-11-4-1-5-12-22)30-32(27)25-16-8-3-9-17-25/h2-12,14-20H,13,21H2,(H,29,33). The van der Waals surface area contributed by atoms with Crippen LogP contribution in [0.2, 0.25) is 0 Å². The van der Waals surface area contributed by atoms with Gasteiger partial charge in [-0.05, 0) is 48.4 Å². The first-order valence-electron chi connectivity index (χ1n) is 10.9. The first-order chi connectivity index (χ1) is 16.3. The van der Waals surface area contributed by atoms with Crippen molar-refractivity contribution in [2.24, 2.45) is 0 Å². The third-order valence-electron chi connectivity index (χ3n) is 5.39. The Morgan fingerprint density at radius 3 is 2.45 bits per heavy atom. The molecule has 5 nitrogen and oxygen atoms in total. The van der Waals surface area contributed by atoms with Crippen LogP contribution in [0.4, 0.5) is 5.69 Å². The molecular formula is C28H23N4O. The Balaban J connectivity index is 1.44. The van der Waals surface area contributed by atoms with E-state index >= 15 is 0 Å². The summed E-state index contributed by atoms with van der Waals surface area (Å²) >= 11 is 0. The Hall–Kier alpha value is -4.38. The summed E-state index contributed by atoms with van der Waals surface area (Å²) in [5.74, 6) is -0.0684. The molecule has 0 spiro atoms. The van der Waals surface area contributed by atoms with Gasteiger partial charge in [-0.25, -0.2) is 4.68 Å². The zero-order valence-corrected chi connectivity index (χ0v) is 18.1. The molecule has 1 amide bonds. The van der Waals surface area contributed by atoms with Gasteiger partial charge in [0.1, 0.15) is 6.54 Å². The molecule has 1 N–H and O–H groups in total. The number of nitrogens with one attached hydrogen (secondary N) is 1. The van der Waals surface area contributed by atoms with Crippen LogP contribution >= 0.6 is 0 Å². The van der Waals surface area contributed by atoms with Crippen LogP contribution in [0.5, 0.6) is 0 Å². The Labute approximate surface area is 193 Å². The summed E-state index contributed by atoms with van der Waals surface area (Å²) in [6, 6.07) is 32.6. The van der Waals surface area contributed by atoms with Crippen molar-refractivity contribution in [2.45, 2.75) is 6.42 Å². The van der Waals surface area contributed by atoms with Crippen LogP contribution in [0.1, 0.15) is 12.1 Å². The minimum atomic E-state index is -0.0684. The number of nitrogens with zero attached hydrogens (tertiary/aromatic N) is 3. The molecule has 1 radical (unpaired) electrons. The van der Waals surface area contributed by atoms with Crippen molar-refractivity contribution in [1.29, 1.82) is 0 Å². The van der Waals surface area contributed by atoms with Crippen LogP contribution in [0.25, 0.3) is 22.5 Å². The summed E-state index contributed by atoms with van der Waals surface area (Å²) in [5, 5.41) is 7.85. The first kappa shape index (κ1) is 20.5. The van der Waals surface area contributed by atoms with Gasteiger partial charge in [0.25, 0.3) is 0 Å². The van der Waals surface area contributed by atoms with Crippen molar-refractivity contribution in [3.05, 3.63) is 121 Å². The van der Waals surface area contributed by atoms with Gasteiger partial charge in [-0.3, -0.25) is 4.79 Å². The van der Waals surface area contributed by atoms with Crippen molar-refractivity contribution in [3.8, 4) is 16.9 Å². The highest BCUT2D eigenvalue weighted by molar-refractivity contribution is 5.92. The highest BCUT2D eigenvalue weighted by atomic mass is 16.2. The quantitative estimate of drug-likeness (QED) is 0.436. The Bertz CT molecular complexity index is 1290. The number of benzene rings is 3. The number of hydrogen-bond acceptors (Lipinski definition) is 3. The van der Waals surface area contributed by atoms with Gasteiger partial charge in [0.05, 0.1) is 17.1 Å². The number of aromatic nitrogens is 2. The highest BCUT2D eigenvalue weighted by Gasteiger charge is 2.18. The number of carbonyl (C=O) groups excluding carboxylic acids is 1. The van der Waals surface area contributed by atoms with Crippen molar-refractivity contribution in [1.82, 2.24) is 14.7 Å². The normalized spacial score (nSPS) is 13.0. The van der Waals surface area contributed by atoms with Gasteiger partial charge >= 0.3 is 0 Å². The van der Waals surface area contributed by atoms with E-state index in [0.29, 0.717) is 0 Å². The minimum absolute atomic E-state index is 0.0684. The third kappa shape index (κ3) is 4.77. The smallest absolute Gasteiger partial charge is 0.244 e. The Morgan fingerprint density at radius 1 is 0.970 bits per heavy atom. The average Bonchev–Trinajstić information content (AvgIpc) is 3.32. The predicted molar refractivity (Wildman–Crippen MR) is 131 cm³/mol. The minimum Gasteiger partial charge on any atom is -0.345 e. The van der Waals surface area contributed by atoms with Gasteiger partial charge in [0.15, 0.2) is 0 Å². The maximum absolute atomic E-state index is 12.6. The summed E-state index contributed by atoms with van der Waals surface area (Å²) in [4.78, 5) is 14.5. The number of rotatable bonds is 6. The first-order valence-corrected chi connectivity index (χ1v) is 10.9. The van der Waals surface area contributed by atoms with Gasteiger partial charge < -0.3 is 10.2 Å². The predicted octanol–water partition coefficient (Wildman–Crippen LogP) is 5.54. The number of amides is 1. The van der Waals surface area contributed by atoms with Crippen molar-refractivity contribution in [3.63, 3.8) is 0 Å². The van der Waals surface area contributed by atoms with E-state index in [2.05, 4.69) is 23.5 Å². The van der Waals surface area contributed by atoms with Crippen LogP contribution in [0.15, 0.2) is 109 Å². The molecule has 0 saturated carbocycles. The van der Waals surface area contributed by atoms with Crippen LogP contribution in [-0.2, 0) is 4.79 Å². The molecule has 0 aliphatic carbocycles. The van der Waals surface area contributed by atoms with E-state index in [1.165, 1.54) is 0 Å². The lowest BCUT2D eigenvalue weighted by atomic mass is 10.1. The number of para-hydroxylation sites is 2. The molecule has 0 fully saturated rings. The molecule has 4 aromatic rings. The van der Waals surface area contributed by atoms with Crippen molar-refractivity contribution in [2.75, 3.05) is 11.9 Å². The zero-order valence-electron chi connectivity index (χ0n) is 18.1. The Kier molecular flexibility index (Phi) is 5.85. The van der Waals surface area contributed by atoms with Gasteiger partial charge in [-0.2, -0.15) is 5.10 Å². The molecule has 0 saturated heterocycles. The number of carbonyl (C=O) groups is 1. The van der Waals surface area contributed by atoms with Gasteiger partial charge in [0, 0.05) is 23.7 Å². The van der Waals surface area contributed by atoms with E-state index in [1.54, 1.807) is 0 Å². The van der Waals surface area contributed by atoms with E-state index in [0.717, 1.165) is 40.3 Å². The summed E-state index contributed by atoms with van der Waals surface area (Å²) in [7, 11) is 0. The number of allylic oxidation sites excluding steroid dienone is 2. The van der Waals surface area contributed by atoms with E-state index < -0.39 is 0 Å². The molecule has 33 heavy (non-hydrogen) atoms. The van der Waals surface area contributed by atoms with Gasteiger partial charge in [0.2, 0.25) is 5.91 Å². The summed E-state index contributed by atoms with van der Waals surface area (Å²) < 4.78 is 1.97. The second-order valence-corrected chi connectivity index (χ2v) is 7.78. The van der Waals surface area contributed by atoms with Crippen LogP contribution in [0, 0.1) is 6.07 Å². The molecular weight excluding hydrogens is 408 g/mol. The SMILES string of the molecule is O=C(CN1C=CCC(c2cc(-c3cc[c]cc3)nn2-c2ccccc2)=C1)Nc1ccccc1. The fourth-order valence-corrected chi connectivity index (χ4v) is 3.84. The topological polar surface area (TPSA) is 50.2 Å². The lowest BCUT2D eigenvalue weighted by molar-refractivity contribution is -0.116. The second kappa shape index (κ2) is 9.40. The summed E-state index contributed by atoms with van der Waals surface area (Å²) in [6.45, 7) is 0.232. The van der Waals surface area contributed by atoms with Crippen molar-refractivity contribution >= 4 is 17.2 Å². The molecule has 1 aliphatic rings. The lowest BCUT2D eigenvalue weighted by Crippen LogP contribution is -2.27. The Morgan fingerprint density at radius 2 is 1.70 bits per heavy atom. The monoisotopic (exact) mass is 431 g/mol. The summed E-state index contributed by atoms with van der Waals surface area (Å²) in [5.41, 5.74) is 5.81. The zero-order chi connectivity index (χ0) is 22.5.